The highest BCUT2D eigenvalue weighted by Gasteiger charge is 2.29. The van der Waals surface area contributed by atoms with E-state index in [2.05, 4.69) is 33.5 Å². The standard InChI is InChI=1S/C75H102N8O11/c1-6-7-8-9-10-11-12-14-17-21-24-30-69(87)80-65(48-53-33-40-58(85)41-34-53)74(91)81-64(47-52-31-38-57(84)39-32-52)73(90)78-45-26-22-19-16-13-15-18-20-23-29-68(86)79-63(71(76)88)28-25-27-46-77-72(89)54-35-42-59(62(49-54)75(92)93)70-60-43-36-55(82(2)3)50-66(60)94-67-51-56(83(4)5)37-44-61(67)70/h31-44,49-51,63-65H,6-30,45-48H2,1-5H3,(H9-,76,77,78,79,80,81,84,85,86,87,88,89,90,91,92,93)/p+1. The summed E-state index contributed by atoms with van der Waals surface area (Å²) < 4.78 is 8.38. The van der Waals surface area contributed by atoms with Crippen molar-refractivity contribution in [2.24, 2.45) is 5.73 Å². The van der Waals surface area contributed by atoms with E-state index in [0.717, 1.165) is 110 Å². The van der Waals surface area contributed by atoms with Crippen molar-refractivity contribution >= 4 is 58.1 Å². The molecule has 6 amide bonds. The van der Waals surface area contributed by atoms with Crippen molar-refractivity contribution in [1.29, 1.82) is 0 Å². The van der Waals surface area contributed by atoms with E-state index in [-0.39, 0.29) is 72.6 Å². The first kappa shape index (κ1) is 74.3. The minimum Gasteiger partial charge on any atom is -0.508 e. The molecule has 3 atom stereocenters. The average Bonchev–Trinajstić information content (AvgIpc) is 0.746. The Morgan fingerprint density at radius 2 is 1.03 bits per heavy atom. The van der Waals surface area contributed by atoms with Crippen LogP contribution in [0, 0.1) is 0 Å². The van der Waals surface area contributed by atoms with E-state index in [1.165, 1.54) is 75.3 Å². The van der Waals surface area contributed by atoms with Gasteiger partial charge in [-0.2, -0.15) is 0 Å². The van der Waals surface area contributed by atoms with Crippen LogP contribution in [0.5, 0.6) is 11.5 Å². The van der Waals surface area contributed by atoms with E-state index in [1.807, 2.05) is 74.1 Å². The second-order valence-electron chi connectivity index (χ2n) is 25.4. The molecule has 0 spiro atoms. The lowest BCUT2D eigenvalue weighted by Gasteiger charge is -2.24. The molecule has 0 fully saturated rings. The number of nitrogens with one attached hydrogen (secondary N) is 5. The molecule has 1 aliphatic carbocycles. The summed E-state index contributed by atoms with van der Waals surface area (Å²) in [7, 11) is 7.73. The molecule has 0 saturated carbocycles. The van der Waals surface area contributed by atoms with Gasteiger partial charge in [0.25, 0.3) is 5.91 Å². The molecule has 0 saturated heterocycles. The summed E-state index contributed by atoms with van der Waals surface area (Å²) in [6.07, 6.45) is 23.0. The highest BCUT2D eigenvalue weighted by Crippen LogP contribution is 2.42. The lowest BCUT2D eigenvalue weighted by molar-refractivity contribution is -0.132. The number of hydrogen-bond donors (Lipinski definition) is 9. The molecular formula is C75H103N8O11+. The SMILES string of the molecule is CCCCCCCCCCCCCC(=O)NC(Cc1ccc(O)cc1)C(=O)NC(Cc1ccc(O)cc1)C(=O)NCCCCCCCCCCCC(=O)NC(CCCCNC(=O)c1ccc(-c2c3ccc(=[N+](C)C)cc-3oc3cc(N(C)C)ccc23)c(C(=O)O)c1)C(N)=O. The summed E-state index contributed by atoms with van der Waals surface area (Å²) >= 11 is 0. The smallest absolute Gasteiger partial charge is 0.336 e. The van der Waals surface area contributed by atoms with Gasteiger partial charge in [0.05, 0.1) is 11.6 Å². The van der Waals surface area contributed by atoms with E-state index >= 15 is 0 Å². The second-order valence-corrected chi connectivity index (χ2v) is 25.4. The van der Waals surface area contributed by atoms with Crippen LogP contribution in [-0.2, 0) is 36.8 Å². The lowest BCUT2D eigenvalue weighted by Crippen LogP contribution is -2.55. The first-order chi connectivity index (χ1) is 45.3. The van der Waals surface area contributed by atoms with Gasteiger partial charge in [-0.1, -0.05) is 146 Å². The number of phenols is 2. The third-order valence-corrected chi connectivity index (χ3v) is 17.3. The number of phenolic OH excluding ortho intramolecular Hbond substituents is 2. The van der Waals surface area contributed by atoms with Gasteiger partial charge in [-0.05, 0) is 110 Å². The first-order valence-electron chi connectivity index (χ1n) is 34.2. The van der Waals surface area contributed by atoms with E-state index in [9.17, 15) is 48.9 Å². The third kappa shape index (κ3) is 25.0. The fourth-order valence-electron chi connectivity index (χ4n) is 11.7. The van der Waals surface area contributed by atoms with Crippen LogP contribution in [0.1, 0.15) is 199 Å². The maximum absolute atomic E-state index is 14.1. The topological polar surface area (TPSA) is 286 Å². The Hall–Kier alpha value is -8.74. The fourth-order valence-corrected chi connectivity index (χ4v) is 11.7. The normalized spacial score (nSPS) is 12.2. The van der Waals surface area contributed by atoms with E-state index in [0.29, 0.717) is 54.7 Å². The summed E-state index contributed by atoms with van der Waals surface area (Å²) in [5, 5.41) is 46.5. The van der Waals surface area contributed by atoms with E-state index < -0.39 is 41.8 Å². The van der Waals surface area contributed by atoms with E-state index in [4.69, 9.17) is 10.2 Å². The monoisotopic (exact) mass is 1290 g/mol. The molecule has 2 aliphatic rings. The zero-order valence-electron chi connectivity index (χ0n) is 56.1. The van der Waals surface area contributed by atoms with Gasteiger partial charge in [0.15, 0.2) is 0 Å². The summed E-state index contributed by atoms with van der Waals surface area (Å²) in [4.78, 5) is 94.7. The Morgan fingerprint density at radius 1 is 0.532 bits per heavy atom. The van der Waals surface area contributed by atoms with Crippen molar-refractivity contribution in [3.05, 3.63) is 131 Å². The predicted molar refractivity (Wildman–Crippen MR) is 372 cm³/mol. The number of aromatic hydroxyl groups is 2. The highest BCUT2D eigenvalue weighted by atomic mass is 16.4. The zero-order valence-corrected chi connectivity index (χ0v) is 56.1. The van der Waals surface area contributed by atoms with Gasteiger partial charge in [-0.25, -0.2) is 9.37 Å². The summed E-state index contributed by atoms with van der Waals surface area (Å²) in [5.74, 6) is -2.84. The number of benzene rings is 5. The number of primary amides is 1. The number of amides is 6. The number of carboxylic acid groups (broad SMARTS) is 1. The Balaban J connectivity index is 0.866. The van der Waals surface area contributed by atoms with Gasteiger partial charge >= 0.3 is 5.97 Å². The number of carbonyl (C=O) groups excluding carboxylic acids is 6. The molecule has 0 bridgehead atoms. The molecular weight excluding hydrogens is 1190 g/mol. The maximum atomic E-state index is 14.1. The van der Waals surface area contributed by atoms with Crippen LogP contribution in [0.4, 0.5) is 5.69 Å². The zero-order chi connectivity index (χ0) is 67.8. The minimum absolute atomic E-state index is 0.0371. The highest BCUT2D eigenvalue weighted by molar-refractivity contribution is 6.09. The average molecular weight is 1290 g/mol. The molecule has 19 heteroatoms. The number of rotatable bonds is 43. The van der Waals surface area contributed by atoms with Crippen LogP contribution in [0.2, 0.25) is 0 Å². The summed E-state index contributed by atoms with van der Waals surface area (Å²) in [6.45, 7) is 2.89. The number of fused-ring (bicyclic) bond motifs is 2. The first-order valence-corrected chi connectivity index (χ1v) is 34.2. The molecule has 0 radical (unpaired) electrons. The number of nitrogens with two attached hydrogens (primary N) is 1. The number of carboxylic acids is 1. The number of hydrogen-bond acceptors (Lipinski definition) is 11. The molecule has 1 heterocycles. The van der Waals surface area contributed by atoms with Crippen molar-refractivity contribution < 1.29 is 53.3 Å². The van der Waals surface area contributed by atoms with Crippen molar-refractivity contribution in [2.75, 3.05) is 46.2 Å². The van der Waals surface area contributed by atoms with Crippen LogP contribution >= 0.6 is 0 Å². The summed E-state index contributed by atoms with van der Waals surface area (Å²) in [5.41, 5.74) is 10.7. The molecule has 94 heavy (non-hydrogen) atoms. The van der Waals surface area contributed by atoms with Crippen molar-refractivity contribution in [3.8, 4) is 33.9 Å². The molecule has 10 N–H and O–H groups in total. The predicted octanol–water partition coefficient (Wildman–Crippen LogP) is 11.5. The molecule has 6 rings (SSSR count). The lowest BCUT2D eigenvalue weighted by atomic mass is 9.89. The Bertz CT molecular complexity index is 3450. The van der Waals surface area contributed by atoms with Crippen molar-refractivity contribution in [3.63, 3.8) is 0 Å². The Kier molecular flexibility index (Phi) is 31.4. The number of unbranched alkanes of at least 4 members (excludes halogenated alkanes) is 19. The number of carbonyl (C=O) groups is 7. The second kappa shape index (κ2) is 39.7. The van der Waals surface area contributed by atoms with Gasteiger partial charge < -0.3 is 57.0 Å². The van der Waals surface area contributed by atoms with Crippen molar-refractivity contribution in [2.45, 2.75) is 198 Å². The molecule has 4 aromatic carbocycles. The van der Waals surface area contributed by atoms with Crippen LogP contribution in [-0.4, -0.2) is 116 Å². The number of anilines is 1. The van der Waals surface area contributed by atoms with Crippen LogP contribution in [0.3, 0.4) is 0 Å². The maximum Gasteiger partial charge on any atom is 0.336 e. The largest absolute Gasteiger partial charge is 0.508 e. The van der Waals surface area contributed by atoms with Gasteiger partial charge in [0.2, 0.25) is 34.9 Å². The molecule has 0 aromatic heterocycles. The van der Waals surface area contributed by atoms with Gasteiger partial charge in [-0.3, -0.25) is 28.8 Å². The number of aromatic carboxylic acids is 1. The van der Waals surface area contributed by atoms with Crippen LogP contribution in [0.25, 0.3) is 33.4 Å². The molecule has 19 nitrogen and oxygen atoms in total. The summed E-state index contributed by atoms with van der Waals surface area (Å²) in [6, 6.07) is 26.4. The van der Waals surface area contributed by atoms with E-state index in [1.54, 1.807) is 36.4 Å². The molecule has 4 aromatic rings. The Morgan fingerprint density at radius 3 is 1.56 bits per heavy atom. The third-order valence-electron chi connectivity index (χ3n) is 17.3. The molecule has 3 unspecified atom stereocenters. The Labute approximate surface area is 555 Å². The van der Waals surface area contributed by atoms with Crippen LogP contribution < -0.4 is 47.2 Å². The van der Waals surface area contributed by atoms with Crippen LogP contribution in [0.15, 0.2) is 108 Å². The van der Waals surface area contributed by atoms with Crippen molar-refractivity contribution in [1.82, 2.24) is 31.2 Å². The minimum atomic E-state index is -1.19. The molecule has 508 valence electrons. The van der Waals surface area contributed by atoms with Gasteiger partial charge in [0.1, 0.15) is 55.1 Å². The van der Waals surface area contributed by atoms with Gasteiger partial charge in [-0.15, -0.1) is 0 Å². The van der Waals surface area contributed by atoms with Gasteiger partial charge in [0, 0.05) is 92.8 Å². The number of nitrogens with zero attached hydrogens (tertiary/aromatic N) is 2. The quantitative estimate of drug-likeness (QED) is 0.00982. The molecule has 1 aliphatic heterocycles. The fraction of sp³-hybridized carbons (Fsp3) is 0.493.